The molecule has 0 spiro atoms. The lowest BCUT2D eigenvalue weighted by atomic mass is 9.80. The Balaban J connectivity index is 1.82. The van der Waals surface area contributed by atoms with E-state index in [1.807, 2.05) is 12.1 Å². The average molecular weight is 265 g/mol. The van der Waals surface area contributed by atoms with Crippen LogP contribution in [0.4, 0.5) is 0 Å². The van der Waals surface area contributed by atoms with Crippen molar-refractivity contribution in [2.24, 2.45) is 5.92 Å². The van der Waals surface area contributed by atoms with E-state index in [0.717, 1.165) is 11.5 Å². The molecule has 3 rings (SSSR count). The van der Waals surface area contributed by atoms with Crippen molar-refractivity contribution < 1.29 is 8.42 Å². The third-order valence-corrected chi connectivity index (χ3v) is 6.15. The molecule has 4 heteroatoms. The van der Waals surface area contributed by atoms with Crippen LogP contribution in [-0.2, 0) is 9.84 Å². The number of sulfone groups is 1. The average Bonchev–Trinajstić information content (AvgIpc) is 2.49. The summed E-state index contributed by atoms with van der Waals surface area (Å²) < 4.78 is 24.1. The summed E-state index contributed by atoms with van der Waals surface area (Å²) in [6.45, 7) is 2.18. The molecule has 18 heavy (non-hydrogen) atoms. The van der Waals surface area contributed by atoms with E-state index in [1.165, 1.54) is 19.3 Å². The van der Waals surface area contributed by atoms with Gasteiger partial charge in [0.1, 0.15) is 0 Å². The number of nitrogens with one attached hydrogen (secondary N) is 1. The fourth-order valence-electron chi connectivity index (χ4n) is 2.98. The molecule has 98 valence electrons. The second kappa shape index (κ2) is 4.35. The molecule has 0 amide bonds. The molecule has 1 fully saturated rings. The first-order chi connectivity index (χ1) is 8.58. The fraction of sp³-hybridized carbons (Fsp3) is 0.571. The molecule has 1 aliphatic carbocycles. The third-order valence-electron chi connectivity index (χ3n) is 4.34. The molecule has 1 aliphatic heterocycles. The molecule has 0 bridgehead atoms. The predicted molar refractivity (Wildman–Crippen MR) is 71.2 cm³/mol. The zero-order valence-corrected chi connectivity index (χ0v) is 11.4. The van der Waals surface area contributed by atoms with Gasteiger partial charge in [0.2, 0.25) is 0 Å². The highest BCUT2D eigenvalue weighted by atomic mass is 32.2. The molecular formula is C14H19NO2S. The van der Waals surface area contributed by atoms with E-state index in [1.54, 1.807) is 12.1 Å². The van der Waals surface area contributed by atoms with Gasteiger partial charge in [-0.3, -0.25) is 0 Å². The number of benzene rings is 1. The minimum Gasteiger partial charge on any atom is -0.306 e. The van der Waals surface area contributed by atoms with Crippen molar-refractivity contribution >= 4 is 9.84 Å². The number of fused-ring (bicyclic) bond motifs is 1. The van der Waals surface area contributed by atoms with Gasteiger partial charge in [-0.25, -0.2) is 8.42 Å². The van der Waals surface area contributed by atoms with Gasteiger partial charge in [-0.2, -0.15) is 0 Å². The molecule has 1 aromatic rings. The minimum absolute atomic E-state index is 0.0261. The van der Waals surface area contributed by atoms with Crippen molar-refractivity contribution in [1.29, 1.82) is 0 Å². The van der Waals surface area contributed by atoms with E-state index in [9.17, 15) is 8.42 Å². The molecule has 1 aromatic carbocycles. The minimum atomic E-state index is -3.08. The first-order valence-corrected chi connectivity index (χ1v) is 8.31. The van der Waals surface area contributed by atoms with Crippen molar-refractivity contribution in [3.05, 3.63) is 29.8 Å². The maximum atomic E-state index is 12.1. The highest BCUT2D eigenvalue weighted by Gasteiger charge is 2.36. The quantitative estimate of drug-likeness (QED) is 0.912. The normalized spacial score (nSPS) is 27.5. The Bertz CT molecular complexity index is 549. The van der Waals surface area contributed by atoms with Crippen molar-refractivity contribution in [2.45, 2.75) is 43.2 Å². The molecule has 1 saturated carbocycles. The van der Waals surface area contributed by atoms with Crippen LogP contribution in [0.5, 0.6) is 0 Å². The summed E-state index contributed by atoms with van der Waals surface area (Å²) in [4.78, 5) is 0.517. The largest absolute Gasteiger partial charge is 0.306 e. The Morgan fingerprint density at radius 2 is 2.00 bits per heavy atom. The van der Waals surface area contributed by atoms with Gasteiger partial charge in [0.25, 0.3) is 0 Å². The van der Waals surface area contributed by atoms with Crippen LogP contribution in [0.3, 0.4) is 0 Å². The molecule has 1 N–H and O–H groups in total. The molecule has 0 radical (unpaired) electrons. The first-order valence-electron chi connectivity index (χ1n) is 6.65. The molecule has 0 saturated heterocycles. The summed E-state index contributed by atoms with van der Waals surface area (Å²) in [7, 11) is -3.08. The predicted octanol–water partition coefficient (Wildman–Crippen LogP) is 2.29. The highest BCUT2D eigenvalue weighted by Crippen LogP contribution is 2.35. The van der Waals surface area contributed by atoms with E-state index in [-0.39, 0.29) is 11.8 Å². The van der Waals surface area contributed by atoms with Gasteiger partial charge in [0.05, 0.1) is 10.6 Å². The van der Waals surface area contributed by atoms with Gasteiger partial charge in [0, 0.05) is 12.1 Å². The molecular weight excluding hydrogens is 246 g/mol. The van der Waals surface area contributed by atoms with Crippen LogP contribution in [-0.4, -0.2) is 20.2 Å². The Morgan fingerprint density at radius 1 is 1.28 bits per heavy atom. The lowest BCUT2D eigenvalue weighted by Crippen LogP contribution is -2.39. The second-order valence-corrected chi connectivity index (χ2v) is 7.52. The second-order valence-electron chi connectivity index (χ2n) is 5.52. The zero-order valence-electron chi connectivity index (χ0n) is 10.6. The smallest absolute Gasteiger partial charge is 0.180 e. The Kier molecular flexibility index (Phi) is 2.94. The van der Waals surface area contributed by atoms with Crippen LogP contribution in [0.2, 0.25) is 0 Å². The number of hydrogen-bond acceptors (Lipinski definition) is 3. The van der Waals surface area contributed by atoms with Gasteiger partial charge in [-0.15, -0.1) is 0 Å². The van der Waals surface area contributed by atoms with Gasteiger partial charge in [-0.05, 0) is 37.3 Å². The van der Waals surface area contributed by atoms with E-state index >= 15 is 0 Å². The third kappa shape index (κ3) is 1.97. The van der Waals surface area contributed by atoms with E-state index in [4.69, 9.17) is 0 Å². The van der Waals surface area contributed by atoms with Crippen LogP contribution in [0.15, 0.2) is 29.2 Å². The molecule has 2 atom stereocenters. The van der Waals surface area contributed by atoms with Crippen molar-refractivity contribution in [2.75, 3.05) is 5.75 Å². The molecule has 1 heterocycles. The molecule has 3 nitrogen and oxygen atoms in total. The SMILES string of the molecule is CC(NC1CS(=O)(=O)c2ccccc21)C1CCC1. The summed E-state index contributed by atoms with van der Waals surface area (Å²) in [5, 5.41) is 3.51. The van der Waals surface area contributed by atoms with Crippen molar-refractivity contribution in [1.82, 2.24) is 5.32 Å². The Hall–Kier alpha value is -0.870. The van der Waals surface area contributed by atoms with E-state index in [0.29, 0.717) is 10.9 Å². The topological polar surface area (TPSA) is 46.2 Å². The van der Waals surface area contributed by atoms with Gasteiger partial charge >= 0.3 is 0 Å². The standard InChI is InChI=1S/C14H19NO2S/c1-10(11-5-4-6-11)15-13-9-18(16,17)14-8-3-2-7-12(13)14/h2-3,7-8,10-11,13,15H,4-6,9H2,1H3. The lowest BCUT2D eigenvalue weighted by molar-refractivity contribution is 0.230. The number of rotatable bonds is 3. The van der Waals surface area contributed by atoms with Crippen LogP contribution >= 0.6 is 0 Å². The van der Waals surface area contributed by atoms with Crippen LogP contribution in [0.1, 0.15) is 37.8 Å². The van der Waals surface area contributed by atoms with Crippen LogP contribution in [0.25, 0.3) is 0 Å². The van der Waals surface area contributed by atoms with Crippen molar-refractivity contribution in [3.63, 3.8) is 0 Å². The monoisotopic (exact) mass is 265 g/mol. The van der Waals surface area contributed by atoms with Gasteiger partial charge < -0.3 is 5.32 Å². The van der Waals surface area contributed by atoms with Crippen LogP contribution in [0, 0.1) is 5.92 Å². The Labute approximate surface area is 109 Å². The molecule has 0 aromatic heterocycles. The van der Waals surface area contributed by atoms with Crippen molar-refractivity contribution in [3.8, 4) is 0 Å². The highest BCUT2D eigenvalue weighted by molar-refractivity contribution is 7.91. The molecule has 2 aliphatic rings. The fourth-order valence-corrected chi connectivity index (χ4v) is 4.73. The lowest BCUT2D eigenvalue weighted by Gasteiger charge is -2.33. The molecule has 2 unspecified atom stereocenters. The van der Waals surface area contributed by atoms with E-state index < -0.39 is 9.84 Å². The maximum absolute atomic E-state index is 12.1. The van der Waals surface area contributed by atoms with Gasteiger partial charge in [0.15, 0.2) is 9.84 Å². The zero-order chi connectivity index (χ0) is 12.8. The van der Waals surface area contributed by atoms with Crippen LogP contribution < -0.4 is 5.32 Å². The Morgan fingerprint density at radius 3 is 2.67 bits per heavy atom. The van der Waals surface area contributed by atoms with E-state index in [2.05, 4.69) is 12.2 Å². The summed E-state index contributed by atoms with van der Waals surface area (Å²) in [5.41, 5.74) is 0.948. The summed E-state index contributed by atoms with van der Waals surface area (Å²) in [6, 6.07) is 7.76. The number of hydrogen-bond donors (Lipinski definition) is 1. The first kappa shape index (κ1) is 12.2. The summed E-state index contributed by atoms with van der Waals surface area (Å²) >= 11 is 0. The maximum Gasteiger partial charge on any atom is 0.180 e. The summed E-state index contributed by atoms with van der Waals surface area (Å²) in [6.07, 6.45) is 3.86. The summed E-state index contributed by atoms with van der Waals surface area (Å²) in [5.74, 6) is 0.934. The van der Waals surface area contributed by atoms with Gasteiger partial charge in [-0.1, -0.05) is 24.6 Å².